The van der Waals surface area contributed by atoms with Crippen LogP contribution in [-0.2, 0) is 4.79 Å². The molecule has 1 aromatic heterocycles. The van der Waals surface area contributed by atoms with Crippen LogP contribution in [0.4, 0.5) is 16.2 Å². The number of anilines is 2. The summed E-state index contributed by atoms with van der Waals surface area (Å²) in [6.45, 7) is 4.76. The Balaban J connectivity index is 1.44. The maximum Gasteiger partial charge on any atom is 0.319 e. The number of hydrogen-bond acceptors (Lipinski definition) is 3. The molecule has 1 saturated heterocycles. The number of hydrogen-bond donors (Lipinski definition) is 2. The lowest BCUT2D eigenvalue weighted by molar-refractivity contribution is -0.117. The SMILES string of the molecule is Cc1ccnc([C@H](NC(=O)Nc2ccc(N3CCCC3=O)c(C)c2)C2CC2)c1. The van der Waals surface area contributed by atoms with Crippen LogP contribution < -0.4 is 15.5 Å². The van der Waals surface area contributed by atoms with E-state index in [1.807, 2.05) is 49.1 Å². The van der Waals surface area contributed by atoms with Gasteiger partial charge in [0.1, 0.15) is 0 Å². The zero-order chi connectivity index (χ0) is 19.7. The number of carbonyl (C=O) groups excluding carboxylic acids is 2. The normalized spacial score (nSPS) is 17.5. The number of carbonyl (C=O) groups is 2. The maximum absolute atomic E-state index is 12.6. The molecule has 2 fully saturated rings. The zero-order valence-corrected chi connectivity index (χ0v) is 16.4. The molecule has 4 rings (SSSR count). The molecule has 0 spiro atoms. The first-order valence-electron chi connectivity index (χ1n) is 9.92. The molecule has 2 N–H and O–H groups in total. The summed E-state index contributed by atoms with van der Waals surface area (Å²) < 4.78 is 0. The highest BCUT2D eigenvalue weighted by molar-refractivity contribution is 5.97. The Morgan fingerprint density at radius 3 is 2.68 bits per heavy atom. The average molecular weight is 378 g/mol. The van der Waals surface area contributed by atoms with E-state index in [0.717, 1.165) is 54.0 Å². The van der Waals surface area contributed by atoms with E-state index >= 15 is 0 Å². The second-order valence-corrected chi connectivity index (χ2v) is 7.82. The summed E-state index contributed by atoms with van der Waals surface area (Å²) in [6, 6.07) is 9.38. The summed E-state index contributed by atoms with van der Waals surface area (Å²) >= 11 is 0. The number of pyridine rings is 1. The molecule has 1 atom stereocenters. The highest BCUT2D eigenvalue weighted by Gasteiger charge is 2.34. The van der Waals surface area contributed by atoms with Crippen LogP contribution in [0.15, 0.2) is 36.5 Å². The largest absolute Gasteiger partial charge is 0.329 e. The monoisotopic (exact) mass is 378 g/mol. The van der Waals surface area contributed by atoms with E-state index in [0.29, 0.717) is 12.3 Å². The Morgan fingerprint density at radius 2 is 2.04 bits per heavy atom. The van der Waals surface area contributed by atoms with Crippen molar-refractivity contribution in [1.82, 2.24) is 10.3 Å². The fraction of sp³-hybridized carbons (Fsp3) is 0.409. The van der Waals surface area contributed by atoms with Crippen molar-refractivity contribution in [1.29, 1.82) is 0 Å². The summed E-state index contributed by atoms with van der Waals surface area (Å²) in [5, 5.41) is 6.02. The molecule has 0 bridgehead atoms. The Bertz CT molecular complexity index is 907. The Labute approximate surface area is 165 Å². The molecular formula is C22H26N4O2. The molecule has 1 aliphatic heterocycles. The van der Waals surface area contributed by atoms with Crippen molar-refractivity contribution in [2.24, 2.45) is 5.92 Å². The maximum atomic E-state index is 12.6. The molecule has 2 aliphatic rings. The van der Waals surface area contributed by atoms with E-state index in [-0.39, 0.29) is 18.0 Å². The Morgan fingerprint density at radius 1 is 1.21 bits per heavy atom. The standard InChI is InChI=1S/C22H26N4O2/c1-14-9-10-23-18(12-14)21(16-5-6-16)25-22(28)24-17-7-8-19(15(2)13-17)26-11-3-4-20(26)27/h7-10,12-13,16,21H,3-6,11H2,1-2H3,(H2,24,25,28)/t21-/m1/s1. The third-order valence-electron chi connectivity index (χ3n) is 5.45. The van der Waals surface area contributed by atoms with E-state index in [4.69, 9.17) is 0 Å². The molecule has 0 radical (unpaired) electrons. The third kappa shape index (κ3) is 4.01. The molecule has 6 nitrogen and oxygen atoms in total. The quantitative estimate of drug-likeness (QED) is 0.823. The van der Waals surface area contributed by atoms with Crippen LogP contribution in [-0.4, -0.2) is 23.5 Å². The summed E-state index contributed by atoms with van der Waals surface area (Å²) in [6.07, 6.45) is 5.52. The first-order chi connectivity index (χ1) is 13.5. The van der Waals surface area contributed by atoms with Crippen LogP contribution in [0.25, 0.3) is 0 Å². The van der Waals surface area contributed by atoms with E-state index in [2.05, 4.69) is 15.6 Å². The second kappa shape index (κ2) is 7.62. The molecule has 2 heterocycles. The van der Waals surface area contributed by atoms with Crippen LogP contribution in [0.1, 0.15) is 48.5 Å². The highest BCUT2D eigenvalue weighted by Crippen LogP contribution is 2.40. The van der Waals surface area contributed by atoms with Gasteiger partial charge >= 0.3 is 6.03 Å². The van der Waals surface area contributed by atoms with Gasteiger partial charge in [0.15, 0.2) is 0 Å². The number of urea groups is 1. The van der Waals surface area contributed by atoms with Crippen LogP contribution in [0.3, 0.4) is 0 Å². The smallest absolute Gasteiger partial charge is 0.319 e. The second-order valence-electron chi connectivity index (χ2n) is 7.82. The topological polar surface area (TPSA) is 74.3 Å². The van der Waals surface area contributed by atoms with E-state index in [1.54, 1.807) is 6.20 Å². The Kier molecular flexibility index (Phi) is 5.03. The predicted molar refractivity (Wildman–Crippen MR) is 109 cm³/mol. The van der Waals surface area contributed by atoms with Gasteiger partial charge in [-0.2, -0.15) is 0 Å². The van der Waals surface area contributed by atoms with Crippen molar-refractivity contribution >= 4 is 23.3 Å². The van der Waals surface area contributed by atoms with Crippen LogP contribution >= 0.6 is 0 Å². The number of nitrogens with one attached hydrogen (secondary N) is 2. The molecule has 146 valence electrons. The first kappa shape index (κ1) is 18.5. The number of aryl methyl sites for hydroxylation is 2. The summed E-state index contributed by atoms with van der Waals surface area (Å²) in [4.78, 5) is 30.9. The van der Waals surface area contributed by atoms with Gasteiger partial charge in [0, 0.05) is 30.5 Å². The van der Waals surface area contributed by atoms with Crippen LogP contribution in [0.2, 0.25) is 0 Å². The van der Waals surface area contributed by atoms with Crippen molar-refractivity contribution in [3.05, 3.63) is 53.3 Å². The van der Waals surface area contributed by atoms with Gasteiger partial charge in [-0.25, -0.2) is 4.79 Å². The lowest BCUT2D eigenvalue weighted by atomic mass is 10.1. The molecule has 1 saturated carbocycles. The van der Waals surface area contributed by atoms with Gasteiger partial charge < -0.3 is 15.5 Å². The molecule has 28 heavy (non-hydrogen) atoms. The zero-order valence-electron chi connectivity index (χ0n) is 16.4. The molecule has 3 amide bonds. The third-order valence-corrected chi connectivity index (χ3v) is 5.45. The number of aromatic nitrogens is 1. The minimum atomic E-state index is -0.232. The molecule has 1 aliphatic carbocycles. The van der Waals surface area contributed by atoms with Crippen molar-refractivity contribution in [2.75, 3.05) is 16.8 Å². The lowest BCUT2D eigenvalue weighted by Gasteiger charge is -2.20. The fourth-order valence-corrected chi connectivity index (χ4v) is 3.84. The van der Waals surface area contributed by atoms with Gasteiger partial charge in [-0.3, -0.25) is 9.78 Å². The van der Waals surface area contributed by atoms with Gasteiger partial charge in [-0.1, -0.05) is 0 Å². The minimum Gasteiger partial charge on any atom is -0.329 e. The van der Waals surface area contributed by atoms with E-state index in [9.17, 15) is 9.59 Å². The van der Waals surface area contributed by atoms with E-state index < -0.39 is 0 Å². The van der Waals surface area contributed by atoms with E-state index in [1.165, 1.54) is 0 Å². The lowest BCUT2D eigenvalue weighted by Crippen LogP contribution is -2.34. The summed E-state index contributed by atoms with van der Waals surface area (Å²) in [5.41, 5.74) is 4.68. The predicted octanol–water partition coefficient (Wildman–Crippen LogP) is 4.10. The molecule has 2 aromatic rings. The number of nitrogens with zero attached hydrogens (tertiary/aromatic N) is 2. The molecule has 0 unspecified atom stereocenters. The van der Waals surface area contributed by atoms with Gasteiger partial charge in [-0.15, -0.1) is 0 Å². The summed E-state index contributed by atoms with van der Waals surface area (Å²) in [7, 11) is 0. The highest BCUT2D eigenvalue weighted by atomic mass is 16.2. The van der Waals surface area contributed by atoms with Gasteiger partial charge in [-0.05, 0) is 80.5 Å². The fourth-order valence-electron chi connectivity index (χ4n) is 3.84. The van der Waals surface area contributed by atoms with Crippen LogP contribution in [0, 0.1) is 19.8 Å². The van der Waals surface area contributed by atoms with Crippen molar-refractivity contribution in [2.45, 2.75) is 45.6 Å². The first-order valence-corrected chi connectivity index (χ1v) is 9.92. The average Bonchev–Trinajstić information content (AvgIpc) is 3.41. The molecular weight excluding hydrogens is 352 g/mol. The van der Waals surface area contributed by atoms with Gasteiger partial charge in [0.05, 0.1) is 11.7 Å². The van der Waals surface area contributed by atoms with Crippen molar-refractivity contribution in [3.63, 3.8) is 0 Å². The molecule has 6 heteroatoms. The number of rotatable bonds is 5. The minimum absolute atomic E-state index is 0.0671. The molecule has 1 aromatic carbocycles. The number of amides is 3. The van der Waals surface area contributed by atoms with Gasteiger partial charge in [0.2, 0.25) is 5.91 Å². The number of benzene rings is 1. The summed E-state index contributed by atoms with van der Waals surface area (Å²) in [5.74, 6) is 0.616. The van der Waals surface area contributed by atoms with Crippen LogP contribution in [0.5, 0.6) is 0 Å². The Hall–Kier alpha value is -2.89. The van der Waals surface area contributed by atoms with Gasteiger partial charge in [0.25, 0.3) is 0 Å². The van der Waals surface area contributed by atoms with Crippen molar-refractivity contribution < 1.29 is 9.59 Å². The van der Waals surface area contributed by atoms with Crippen molar-refractivity contribution in [3.8, 4) is 0 Å².